The minimum atomic E-state index is -0.496. The molecule has 0 atom stereocenters. The number of hydrogen-bond donors (Lipinski definition) is 1. The summed E-state index contributed by atoms with van der Waals surface area (Å²) in [4.78, 5) is 10.2. The highest BCUT2D eigenvalue weighted by atomic mass is 16.6. The fourth-order valence-corrected chi connectivity index (χ4v) is 1.71. The summed E-state index contributed by atoms with van der Waals surface area (Å²) in [6.07, 6.45) is 0. The van der Waals surface area contributed by atoms with E-state index in [9.17, 15) is 10.1 Å². The lowest BCUT2D eigenvalue weighted by Crippen LogP contribution is -1.97. The van der Waals surface area contributed by atoms with Crippen LogP contribution >= 0.6 is 0 Å². The van der Waals surface area contributed by atoms with E-state index in [0.717, 1.165) is 16.7 Å². The van der Waals surface area contributed by atoms with Gasteiger partial charge in [-0.3, -0.25) is 10.1 Å². The van der Waals surface area contributed by atoms with Gasteiger partial charge in [-0.25, -0.2) is 0 Å². The molecule has 2 rings (SSSR count). The zero-order chi connectivity index (χ0) is 13.1. The van der Waals surface area contributed by atoms with Crippen molar-refractivity contribution in [3.05, 3.63) is 76.4 Å². The molecule has 0 heterocycles. The quantitative estimate of drug-likeness (QED) is 0.508. The van der Waals surface area contributed by atoms with Crippen LogP contribution < -0.4 is 5.73 Å². The molecule has 4 heteroatoms. The third kappa shape index (κ3) is 2.22. The Kier molecular flexibility index (Phi) is 3.10. The normalized spacial score (nSPS) is 10.0. The van der Waals surface area contributed by atoms with E-state index < -0.39 is 4.92 Å². The second-order valence-electron chi connectivity index (χ2n) is 3.88. The molecule has 0 aliphatic carbocycles. The van der Waals surface area contributed by atoms with Crippen molar-refractivity contribution >= 4 is 16.9 Å². The molecule has 0 saturated heterocycles. The SMILES string of the molecule is C=C(c1ccccc1)c1ccc([N+](=O)[O-])c(N)c1. The molecule has 0 aliphatic rings. The van der Waals surface area contributed by atoms with Gasteiger partial charge in [-0.15, -0.1) is 0 Å². The van der Waals surface area contributed by atoms with Gasteiger partial charge in [-0.1, -0.05) is 36.9 Å². The Morgan fingerprint density at radius 2 is 1.78 bits per heavy atom. The van der Waals surface area contributed by atoms with Crippen LogP contribution in [0.25, 0.3) is 5.57 Å². The van der Waals surface area contributed by atoms with E-state index in [1.807, 2.05) is 30.3 Å². The van der Waals surface area contributed by atoms with Gasteiger partial charge >= 0.3 is 0 Å². The minimum Gasteiger partial charge on any atom is -0.393 e. The predicted molar refractivity (Wildman–Crippen MR) is 72.1 cm³/mol. The number of nitrogens with two attached hydrogens (primary N) is 1. The Morgan fingerprint density at radius 3 is 2.33 bits per heavy atom. The number of benzene rings is 2. The van der Waals surface area contributed by atoms with E-state index in [1.54, 1.807) is 12.1 Å². The molecule has 0 amide bonds. The van der Waals surface area contributed by atoms with Crippen molar-refractivity contribution in [2.24, 2.45) is 0 Å². The summed E-state index contributed by atoms with van der Waals surface area (Å²) in [5.41, 5.74) is 8.25. The Balaban J connectivity index is 2.39. The van der Waals surface area contributed by atoms with Crippen LogP contribution in [0.15, 0.2) is 55.1 Å². The lowest BCUT2D eigenvalue weighted by atomic mass is 9.99. The third-order valence-electron chi connectivity index (χ3n) is 2.69. The first-order valence-corrected chi connectivity index (χ1v) is 5.38. The van der Waals surface area contributed by atoms with Crippen LogP contribution in [0.3, 0.4) is 0 Å². The summed E-state index contributed by atoms with van der Waals surface area (Å²) in [6, 6.07) is 14.2. The number of nitrogen functional groups attached to an aromatic ring is 1. The first kappa shape index (κ1) is 11.9. The summed E-state index contributed by atoms with van der Waals surface area (Å²) in [5, 5.41) is 10.7. The molecule has 0 aromatic heterocycles. The van der Waals surface area contributed by atoms with Gasteiger partial charge in [0, 0.05) is 6.07 Å². The first-order valence-electron chi connectivity index (χ1n) is 5.38. The lowest BCUT2D eigenvalue weighted by Gasteiger charge is -2.07. The van der Waals surface area contributed by atoms with Crippen LogP contribution in [0.2, 0.25) is 0 Å². The fraction of sp³-hybridized carbons (Fsp3) is 0. The Bertz CT molecular complexity index is 606. The smallest absolute Gasteiger partial charge is 0.292 e. The number of hydrogen-bond acceptors (Lipinski definition) is 3. The van der Waals surface area contributed by atoms with Crippen molar-refractivity contribution in [3.8, 4) is 0 Å². The average Bonchev–Trinajstić information content (AvgIpc) is 2.38. The molecule has 0 radical (unpaired) electrons. The molecule has 4 nitrogen and oxygen atoms in total. The van der Waals surface area contributed by atoms with Crippen LogP contribution in [-0.2, 0) is 0 Å². The van der Waals surface area contributed by atoms with Crippen molar-refractivity contribution in [2.75, 3.05) is 5.73 Å². The lowest BCUT2D eigenvalue weighted by molar-refractivity contribution is -0.383. The molecular weight excluding hydrogens is 228 g/mol. The van der Waals surface area contributed by atoms with Crippen LogP contribution in [0, 0.1) is 10.1 Å². The van der Waals surface area contributed by atoms with E-state index >= 15 is 0 Å². The first-order chi connectivity index (χ1) is 8.59. The van der Waals surface area contributed by atoms with E-state index in [2.05, 4.69) is 6.58 Å². The van der Waals surface area contributed by atoms with Crippen molar-refractivity contribution < 1.29 is 4.92 Å². The van der Waals surface area contributed by atoms with Gasteiger partial charge in [0.05, 0.1) is 4.92 Å². The van der Waals surface area contributed by atoms with Gasteiger partial charge in [-0.2, -0.15) is 0 Å². The summed E-state index contributed by atoms with van der Waals surface area (Å²) < 4.78 is 0. The maximum atomic E-state index is 10.7. The van der Waals surface area contributed by atoms with Crippen LogP contribution in [-0.4, -0.2) is 4.92 Å². The average molecular weight is 240 g/mol. The third-order valence-corrected chi connectivity index (χ3v) is 2.69. The van der Waals surface area contributed by atoms with Gasteiger partial charge in [0.2, 0.25) is 0 Å². The molecule has 0 unspecified atom stereocenters. The Morgan fingerprint density at radius 1 is 1.11 bits per heavy atom. The minimum absolute atomic E-state index is 0.0837. The fourth-order valence-electron chi connectivity index (χ4n) is 1.71. The van der Waals surface area contributed by atoms with Crippen LogP contribution in [0.4, 0.5) is 11.4 Å². The highest BCUT2D eigenvalue weighted by molar-refractivity contribution is 5.80. The highest BCUT2D eigenvalue weighted by Gasteiger charge is 2.12. The van der Waals surface area contributed by atoms with Crippen molar-refractivity contribution in [1.82, 2.24) is 0 Å². The number of nitro groups is 1. The molecule has 0 spiro atoms. The molecule has 0 bridgehead atoms. The number of nitro benzene ring substituents is 1. The second kappa shape index (κ2) is 4.71. The number of rotatable bonds is 3. The van der Waals surface area contributed by atoms with Gasteiger partial charge in [0.1, 0.15) is 5.69 Å². The molecule has 0 saturated carbocycles. The monoisotopic (exact) mass is 240 g/mol. The van der Waals surface area contributed by atoms with Crippen molar-refractivity contribution in [3.63, 3.8) is 0 Å². The topological polar surface area (TPSA) is 69.2 Å². The number of anilines is 1. The standard InChI is InChI=1S/C14H12N2O2/c1-10(11-5-3-2-4-6-11)12-7-8-14(16(17)18)13(15)9-12/h2-9H,1,15H2. The zero-order valence-electron chi connectivity index (χ0n) is 9.67. The summed E-state index contributed by atoms with van der Waals surface area (Å²) in [6.45, 7) is 3.99. The summed E-state index contributed by atoms with van der Waals surface area (Å²) in [7, 11) is 0. The van der Waals surface area contributed by atoms with Crippen molar-refractivity contribution in [1.29, 1.82) is 0 Å². The molecule has 0 aliphatic heterocycles. The molecular formula is C14H12N2O2. The highest BCUT2D eigenvalue weighted by Crippen LogP contribution is 2.28. The van der Waals surface area contributed by atoms with Gasteiger partial charge in [0.15, 0.2) is 0 Å². The number of nitrogens with zero attached hydrogens (tertiary/aromatic N) is 1. The zero-order valence-corrected chi connectivity index (χ0v) is 9.67. The van der Waals surface area contributed by atoms with E-state index in [-0.39, 0.29) is 11.4 Å². The molecule has 18 heavy (non-hydrogen) atoms. The van der Waals surface area contributed by atoms with Gasteiger partial charge < -0.3 is 5.73 Å². The van der Waals surface area contributed by atoms with E-state index in [1.165, 1.54) is 6.07 Å². The van der Waals surface area contributed by atoms with Gasteiger partial charge in [0.25, 0.3) is 5.69 Å². The largest absolute Gasteiger partial charge is 0.393 e. The second-order valence-corrected chi connectivity index (χ2v) is 3.88. The maximum Gasteiger partial charge on any atom is 0.292 e. The maximum absolute atomic E-state index is 10.7. The summed E-state index contributed by atoms with van der Waals surface area (Å²) >= 11 is 0. The van der Waals surface area contributed by atoms with E-state index in [0.29, 0.717) is 0 Å². The Labute approximate surface area is 105 Å². The van der Waals surface area contributed by atoms with Crippen molar-refractivity contribution in [2.45, 2.75) is 0 Å². The van der Waals surface area contributed by atoms with Crippen LogP contribution in [0.5, 0.6) is 0 Å². The predicted octanol–water partition coefficient (Wildman–Crippen LogP) is 3.24. The van der Waals surface area contributed by atoms with Gasteiger partial charge in [-0.05, 0) is 28.8 Å². The molecule has 0 fully saturated rings. The van der Waals surface area contributed by atoms with Crippen LogP contribution in [0.1, 0.15) is 11.1 Å². The molecule has 90 valence electrons. The summed E-state index contributed by atoms with van der Waals surface area (Å²) in [5.74, 6) is 0. The Hall–Kier alpha value is -2.62. The van der Waals surface area contributed by atoms with E-state index in [4.69, 9.17) is 5.73 Å². The molecule has 2 aromatic rings. The molecule has 2 aromatic carbocycles. The molecule has 2 N–H and O–H groups in total.